The minimum Gasteiger partial charge on any atom is -0.492 e. The number of hydrogen-bond donors (Lipinski definition) is 3. The lowest BCUT2D eigenvalue weighted by Gasteiger charge is -2.25. The number of aromatic nitrogens is 1. The van der Waals surface area contributed by atoms with Gasteiger partial charge in [-0.25, -0.2) is 4.39 Å². The Kier molecular flexibility index (Phi) is 8.12. The van der Waals surface area contributed by atoms with Crippen LogP contribution < -0.4 is 25.4 Å². The Labute approximate surface area is 199 Å². The van der Waals surface area contributed by atoms with Crippen LogP contribution in [-0.2, 0) is 16.1 Å². The molecule has 0 saturated heterocycles. The zero-order valence-corrected chi connectivity index (χ0v) is 20.0. The quantitative estimate of drug-likeness (QED) is 0.463. The van der Waals surface area contributed by atoms with E-state index < -0.39 is 11.4 Å². The number of amides is 1. The molecule has 1 aliphatic heterocycles. The zero-order chi connectivity index (χ0) is 24.7. The molecule has 0 aliphatic carbocycles. The van der Waals surface area contributed by atoms with Gasteiger partial charge in [0.05, 0.1) is 30.2 Å². The Bertz CT molecular complexity index is 1080. The van der Waals surface area contributed by atoms with Crippen LogP contribution in [0.4, 0.5) is 10.1 Å². The Morgan fingerprint density at radius 3 is 2.82 bits per heavy atom. The molecule has 3 rings (SSSR count). The van der Waals surface area contributed by atoms with Gasteiger partial charge in [-0.1, -0.05) is 12.6 Å². The van der Waals surface area contributed by atoms with Gasteiger partial charge in [0, 0.05) is 49.8 Å². The molecule has 0 fully saturated rings. The van der Waals surface area contributed by atoms with Crippen LogP contribution in [0, 0.1) is 5.82 Å². The summed E-state index contributed by atoms with van der Waals surface area (Å²) in [6.07, 6.45) is 3.92. The first kappa shape index (κ1) is 25.0. The maximum Gasteiger partial charge on any atom is 0.255 e. The average Bonchev–Trinajstić information content (AvgIpc) is 2.82. The van der Waals surface area contributed by atoms with Crippen LogP contribution in [0.1, 0.15) is 25.8 Å². The fraction of sp³-hybridized carbons (Fsp3) is 0.360. The van der Waals surface area contributed by atoms with Crippen LogP contribution in [0.2, 0.25) is 0 Å². The summed E-state index contributed by atoms with van der Waals surface area (Å²) in [5.74, 6) is -0.103. The summed E-state index contributed by atoms with van der Waals surface area (Å²) in [6, 6.07) is 6.37. The summed E-state index contributed by atoms with van der Waals surface area (Å²) in [6.45, 7) is 9.15. The standard InChI is InChI=1S/C25H31FN4O4/c1-16(30-20-8-6-7-18(26)23(20)32-4)22-19(10-12-28-24(22)31)29-13-17-9-11-27-14-21(17)34-15-25(2,3)33-5/h6-9,11,14,29-30H,1,10,12-13,15H2,2-5H3,(H,28,31). The number of carbonyl (C=O) groups is 1. The topological polar surface area (TPSA) is 93.7 Å². The highest BCUT2D eigenvalue weighted by molar-refractivity contribution is 6.00. The molecule has 2 heterocycles. The van der Waals surface area contributed by atoms with Gasteiger partial charge in [0.1, 0.15) is 12.4 Å². The van der Waals surface area contributed by atoms with Gasteiger partial charge in [0.15, 0.2) is 11.6 Å². The SMILES string of the molecule is C=C(Nc1cccc(F)c1OC)C1=C(NCc2ccncc2OCC(C)(C)OC)CCNC1=O. The smallest absolute Gasteiger partial charge is 0.255 e. The molecule has 0 saturated carbocycles. The number of anilines is 1. The molecule has 2 aromatic rings. The minimum absolute atomic E-state index is 0.0486. The molecule has 1 aromatic carbocycles. The Balaban J connectivity index is 1.80. The van der Waals surface area contributed by atoms with Crippen molar-refractivity contribution in [1.82, 2.24) is 15.6 Å². The number of para-hydroxylation sites is 1. The number of rotatable bonds is 11. The van der Waals surface area contributed by atoms with E-state index in [1.54, 1.807) is 31.6 Å². The van der Waals surface area contributed by atoms with E-state index in [2.05, 4.69) is 27.5 Å². The number of ether oxygens (including phenoxy) is 3. The molecule has 1 aromatic heterocycles. The number of methoxy groups -OCH3 is 2. The van der Waals surface area contributed by atoms with E-state index in [1.165, 1.54) is 13.2 Å². The van der Waals surface area contributed by atoms with Gasteiger partial charge in [-0.3, -0.25) is 9.78 Å². The third-order valence-corrected chi connectivity index (χ3v) is 5.44. The number of nitrogens with zero attached hydrogens (tertiary/aromatic N) is 1. The molecule has 0 bridgehead atoms. The molecule has 0 unspecified atom stereocenters. The van der Waals surface area contributed by atoms with Crippen molar-refractivity contribution < 1.29 is 23.4 Å². The van der Waals surface area contributed by atoms with Gasteiger partial charge >= 0.3 is 0 Å². The molecule has 182 valence electrons. The second-order valence-electron chi connectivity index (χ2n) is 8.37. The second kappa shape index (κ2) is 11.0. The fourth-order valence-electron chi connectivity index (χ4n) is 3.38. The van der Waals surface area contributed by atoms with Gasteiger partial charge in [-0.2, -0.15) is 0 Å². The summed E-state index contributed by atoms with van der Waals surface area (Å²) < 4.78 is 30.6. The van der Waals surface area contributed by atoms with Gasteiger partial charge in [0.2, 0.25) is 0 Å². The van der Waals surface area contributed by atoms with Crippen LogP contribution in [0.3, 0.4) is 0 Å². The van der Waals surface area contributed by atoms with E-state index in [9.17, 15) is 9.18 Å². The monoisotopic (exact) mass is 470 g/mol. The highest BCUT2D eigenvalue weighted by Gasteiger charge is 2.24. The molecule has 9 heteroatoms. The van der Waals surface area contributed by atoms with E-state index in [4.69, 9.17) is 14.2 Å². The number of nitrogens with one attached hydrogen (secondary N) is 3. The number of carbonyl (C=O) groups excluding carboxylic acids is 1. The molecule has 0 spiro atoms. The number of benzene rings is 1. The molecule has 34 heavy (non-hydrogen) atoms. The van der Waals surface area contributed by atoms with Gasteiger partial charge in [-0.15, -0.1) is 0 Å². The van der Waals surface area contributed by atoms with Crippen molar-refractivity contribution in [3.8, 4) is 11.5 Å². The van der Waals surface area contributed by atoms with Crippen LogP contribution >= 0.6 is 0 Å². The third-order valence-electron chi connectivity index (χ3n) is 5.44. The van der Waals surface area contributed by atoms with Crippen LogP contribution in [-0.4, -0.2) is 43.9 Å². The van der Waals surface area contributed by atoms with Crippen LogP contribution in [0.5, 0.6) is 11.5 Å². The van der Waals surface area contributed by atoms with Crippen LogP contribution in [0.25, 0.3) is 0 Å². The summed E-state index contributed by atoms with van der Waals surface area (Å²) in [5, 5.41) is 9.20. The lowest BCUT2D eigenvalue weighted by molar-refractivity contribution is -0.117. The van der Waals surface area contributed by atoms with E-state index >= 15 is 0 Å². The third kappa shape index (κ3) is 6.05. The van der Waals surface area contributed by atoms with E-state index in [1.807, 2.05) is 19.9 Å². The van der Waals surface area contributed by atoms with E-state index in [0.29, 0.717) is 48.8 Å². The zero-order valence-electron chi connectivity index (χ0n) is 20.0. The lowest BCUT2D eigenvalue weighted by Crippen LogP contribution is -2.37. The first-order valence-electron chi connectivity index (χ1n) is 10.9. The Hall–Kier alpha value is -3.59. The van der Waals surface area contributed by atoms with Crippen molar-refractivity contribution in [2.75, 3.05) is 32.7 Å². The van der Waals surface area contributed by atoms with Crippen molar-refractivity contribution in [3.63, 3.8) is 0 Å². The minimum atomic E-state index is -0.511. The van der Waals surface area contributed by atoms with E-state index in [-0.39, 0.29) is 11.7 Å². The van der Waals surface area contributed by atoms with Gasteiger partial charge in [-0.05, 0) is 32.0 Å². The van der Waals surface area contributed by atoms with Crippen molar-refractivity contribution in [3.05, 3.63) is 71.6 Å². The predicted molar refractivity (Wildman–Crippen MR) is 128 cm³/mol. The predicted octanol–water partition coefficient (Wildman–Crippen LogP) is 3.52. The molecular formula is C25H31FN4O4. The van der Waals surface area contributed by atoms with Gasteiger partial charge in [0.25, 0.3) is 5.91 Å². The van der Waals surface area contributed by atoms with Crippen molar-refractivity contribution in [2.45, 2.75) is 32.4 Å². The highest BCUT2D eigenvalue weighted by atomic mass is 19.1. The number of halogens is 1. The van der Waals surface area contributed by atoms with Crippen molar-refractivity contribution in [2.24, 2.45) is 0 Å². The van der Waals surface area contributed by atoms with Crippen molar-refractivity contribution >= 4 is 11.6 Å². The fourth-order valence-corrected chi connectivity index (χ4v) is 3.38. The lowest BCUT2D eigenvalue weighted by atomic mass is 10.0. The summed E-state index contributed by atoms with van der Waals surface area (Å²) in [5.41, 5.74) is 2.23. The molecule has 8 nitrogen and oxygen atoms in total. The molecular weight excluding hydrogens is 439 g/mol. The van der Waals surface area contributed by atoms with Crippen molar-refractivity contribution in [1.29, 1.82) is 0 Å². The number of hydrogen-bond acceptors (Lipinski definition) is 7. The first-order chi connectivity index (χ1) is 16.3. The average molecular weight is 471 g/mol. The summed E-state index contributed by atoms with van der Waals surface area (Å²) in [7, 11) is 3.02. The van der Waals surface area contributed by atoms with Crippen LogP contribution in [0.15, 0.2) is 60.2 Å². The Morgan fingerprint density at radius 2 is 2.09 bits per heavy atom. The van der Waals surface area contributed by atoms with E-state index in [0.717, 1.165) is 11.3 Å². The molecule has 3 N–H and O–H groups in total. The second-order valence-corrected chi connectivity index (χ2v) is 8.37. The maximum absolute atomic E-state index is 14.1. The highest BCUT2D eigenvalue weighted by Crippen LogP contribution is 2.30. The Morgan fingerprint density at radius 1 is 1.29 bits per heavy atom. The first-order valence-corrected chi connectivity index (χ1v) is 10.9. The summed E-state index contributed by atoms with van der Waals surface area (Å²) >= 11 is 0. The maximum atomic E-state index is 14.1. The molecule has 1 aliphatic rings. The van der Waals surface area contributed by atoms with Gasteiger partial charge < -0.3 is 30.2 Å². The number of pyridine rings is 1. The molecule has 0 radical (unpaired) electrons. The molecule has 1 amide bonds. The normalized spacial score (nSPS) is 13.9. The molecule has 0 atom stereocenters. The largest absolute Gasteiger partial charge is 0.492 e. The summed E-state index contributed by atoms with van der Waals surface area (Å²) in [4.78, 5) is 16.9.